The molecule has 0 heterocycles. The molecule has 0 aliphatic rings. The summed E-state index contributed by atoms with van der Waals surface area (Å²) in [5.41, 5.74) is 2.86. The third-order valence-electron chi connectivity index (χ3n) is 2.72. The Labute approximate surface area is 115 Å². The van der Waals surface area contributed by atoms with E-state index in [1.165, 1.54) is 12.1 Å². The summed E-state index contributed by atoms with van der Waals surface area (Å²) in [7, 11) is 1.74. The third-order valence-corrected chi connectivity index (χ3v) is 2.72. The highest BCUT2D eigenvalue weighted by Gasteiger charge is 2.30. The number of halogens is 3. The first-order chi connectivity index (χ1) is 9.48. The Morgan fingerprint density at radius 2 is 1.40 bits per heavy atom. The van der Waals surface area contributed by atoms with Crippen LogP contribution in [0, 0.1) is 0 Å². The van der Waals surface area contributed by atoms with Crippen LogP contribution in [-0.4, -0.2) is 13.4 Å². The maximum absolute atomic E-state index is 12.1. The second kappa shape index (κ2) is 5.96. The highest BCUT2D eigenvalue weighted by Crippen LogP contribution is 2.26. The average molecular weight is 280 g/mol. The van der Waals surface area contributed by atoms with E-state index in [0.29, 0.717) is 6.54 Å². The van der Waals surface area contributed by atoms with Crippen molar-refractivity contribution in [3.8, 4) is 16.9 Å². The lowest BCUT2D eigenvalue weighted by Crippen LogP contribution is -2.16. The zero-order chi connectivity index (χ0) is 14.6. The van der Waals surface area contributed by atoms with E-state index in [0.717, 1.165) is 16.7 Å². The van der Waals surface area contributed by atoms with Gasteiger partial charge >= 0.3 is 6.36 Å². The summed E-state index contributed by atoms with van der Waals surface area (Å²) < 4.78 is 40.0. The fourth-order valence-corrected chi connectivity index (χ4v) is 1.83. The van der Waals surface area contributed by atoms with E-state index in [1.54, 1.807) is 19.2 Å². The zero-order valence-electron chi connectivity index (χ0n) is 10.8. The van der Waals surface area contributed by atoms with E-state index in [1.807, 2.05) is 24.3 Å². The van der Waals surface area contributed by atoms with Crippen molar-refractivity contribution < 1.29 is 17.9 Å². The Morgan fingerprint density at radius 3 is 1.85 bits per heavy atom. The first kappa shape index (κ1) is 14.4. The molecule has 0 atom stereocenters. The zero-order valence-corrected chi connectivity index (χ0v) is 10.8. The Morgan fingerprint density at radius 1 is 0.900 bits per heavy atom. The maximum Gasteiger partial charge on any atom is 0.573 e. The minimum Gasteiger partial charge on any atom is -0.406 e. The van der Waals surface area contributed by atoms with Gasteiger partial charge in [0.25, 0.3) is 0 Å². The molecule has 0 amide bonds. The average Bonchev–Trinajstić information content (AvgIpc) is 2.39. The second-order valence-corrected chi connectivity index (χ2v) is 4.24. The molecule has 0 bridgehead atoms. The van der Waals surface area contributed by atoms with Crippen LogP contribution in [0.2, 0.25) is 0 Å². The molecule has 5 heteroatoms. The number of ether oxygens (including phenoxy) is 1. The molecule has 20 heavy (non-hydrogen) atoms. The Hall–Kier alpha value is -2.01. The molecule has 0 saturated heterocycles. The monoisotopic (exact) mass is 280 g/mol. The normalized spacial score (nSPS) is 11.4. The molecule has 2 aromatic rings. The van der Waals surface area contributed by atoms with Gasteiger partial charge in [-0.2, -0.15) is 0 Å². The summed E-state index contributed by atoms with van der Waals surface area (Å²) in [6, 6.07) is 13.5. The molecular weight excluding hydrogens is 267 g/mol. The molecule has 0 saturated carbocycles. The van der Waals surface area contributed by atoms with Crippen molar-refractivity contribution in [2.24, 2.45) is 0 Å². The number of nitrogens with zero attached hydrogens (tertiary/aromatic N) is 1. The lowest BCUT2D eigenvalue weighted by Gasteiger charge is -2.09. The van der Waals surface area contributed by atoms with Crippen molar-refractivity contribution in [3.63, 3.8) is 0 Å². The second-order valence-electron chi connectivity index (χ2n) is 4.24. The predicted molar refractivity (Wildman–Crippen MR) is 70.3 cm³/mol. The largest absolute Gasteiger partial charge is 0.573 e. The fraction of sp³-hybridized carbons (Fsp3) is 0.200. The van der Waals surface area contributed by atoms with Gasteiger partial charge in [0.05, 0.1) is 0 Å². The van der Waals surface area contributed by atoms with Crippen molar-refractivity contribution in [3.05, 3.63) is 54.1 Å². The Balaban J connectivity index is 2.13. The number of alkyl halides is 3. The number of benzene rings is 2. The van der Waals surface area contributed by atoms with Crippen LogP contribution in [0.3, 0.4) is 0 Å². The molecule has 2 aromatic carbocycles. The number of rotatable bonds is 4. The van der Waals surface area contributed by atoms with Crippen molar-refractivity contribution in [1.29, 1.82) is 0 Å². The van der Waals surface area contributed by atoms with Crippen LogP contribution in [0.15, 0.2) is 48.5 Å². The van der Waals surface area contributed by atoms with Crippen LogP contribution < -0.4 is 10.1 Å². The topological polar surface area (TPSA) is 23.3 Å². The van der Waals surface area contributed by atoms with E-state index in [-0.39, 0.29) is 5.75 Å². The van der Waals surface area contributed by atoms with Crippen molar-refractivity contribution in [2.75, 3.05) is 7.05 Å². The van der Waals surface area contributed by atoms with Crippen LogP contribution in [0.5, 0.6) is 5.75 Å². The lowest BCUT2D eigenvalue weighted by atomic mass is 10.0. The lowest BCUT2D eigenvalue weighted by molar-refractivity contribution is -0.274. The maximum atomic E-state index is 12.1. The van der Waals surface area contributed by atoms with Gasteiger partial charge in [-0.15, -0.1) is 13.2 Å². The quantitative estimate of drug-likeness (QED) is 0.830. The van der Waals surface area contributed by atoms with Gasteiger partial charge in [-0.3, -0.25) is 0 Å². The molecular formula is C15H13F3NO. The van der Waals surface area contributed by atoms with Crippen molar-refractivity contribution >= 4 is 0 Å². The summed E-state index contributed by atoms with van der Waals surface area (Å²) in [5.74, 6) is -0.220. The summed E-state index contributed by atoms with van der Waals surface area (Å²) in [6.45, 7) is 0.651. The predicted octanol–water partition coefficient (Wildman–Crippen LogP) is 3.99. The molecule has 0 fully saturated rings. The molecule has 0 unspecified atom stereocenters. The molecule has 0 aliphatic carbocycles. The minimum absolute atomic E-state index is 0.220. The highest BCUT2D eigenvalue weighted by molar-refractivity contribution is 5.64. The van der Waals surface area contributed by atoms with Crippen LogP contribution in [0.4, 0.5) is 13.2 Å². The Kier molecular flexibility index (Phi) is 4.29. The molecule has 0 aromatic heterocycles. The number of hydrogen-bond donors (Lipinski definition) is 0. The molecule has 2 nitrogen and oxygen atoms in total. The summed E-state index contributed by atoms with van der Waals surface area (Å²) in [4.78, 5) is 0. The molecule has 0 aliphatic heterocycles. The Bertz CT molecular complexity index is 547. The smallest absolute Gasteiger partial charge is 0.406 e. The third kappa shape index (κ3) is 3.99. The van der Waals surface area contributed by atoms with Gasteiger partial charge < -0.3 is 4.74 Å². The first-order valence-electron chi connectivity index (χ1n) is 5.98. The van der Waals surface area contributed by atoms with Gasteiger partial charge in [-0.25, -0.2) is 5.32 Å². The van der Waals surface area contributed by atoms with Gasteiger partial charge in [0.2, 0.25) is 0 Å². The van der Waals surface area contributed by atoms with Gasteiger partial charge in [-0.05, 0) is 28.8 Å². The fourth-order valence-electron chi connectivity index (χ4n) is 1.83. The van der Waals surface area contributed by atoms with Crippen molar-refractivity contribution in [2.45, 2.75) is 12.9 Å². The van der Waals surface area contributed by atoms with Gasteiger partial charge in [0, 0.05) is 13.6 Å². The van der Waals surface area contributed by atoms with Crippen LogP contribution in [-0.2, 0) is 6.54 Å². The molecule has 0 spiro atoms. The van der Waals surface area contributed by atoms with Crippen LogP contribution in [0.1, 0.15) is 5.56 Å². The number of hydrogen-bond acceptors (Lipinski definition) is 1. The van der Waals surface area contributed by atoms with Crippen LogP contribution >= 0.6 is 0 Å². The summed E-state index contributed by atoms with van der Waals surface area (Å²) in [5, 5.41) is 4.03. The standard InChI is InChI=1S/C15H13F3NO/c1-19-10-11-2-4-12(5-3-11)13-6-8-14(9-7-13)20-15(16,17)18/h2-9H,10H2,1H3. The van der Waals surface area contributed by atoms with Gasteiger partial charge in [-0.1, -0.05) is 36.4 Å². The molecule has 0 N–H and O–H groups in total. The van der Waals surface area contributed by atoms with Gasteiger partial charge in [0.15, 0.2) is 0 Å². The van der Waals surface area contributed by atoms with E-state index in [2.05, 4.69) is 10.1 Å². The summed E-state index contributed by atoms with van der Waals surface area (Å²) >= 11 is 0. The van der Waals surface area contributed by atoms with E-state index < -0.39 is 6.36 Å². The molecule has 105 valence electrons. The minimum atomic E-state index is -4.66. The molecule has 1 radical (unpaired) electrons. The van der Waals surface area contributed by atoms with E-state index in [9.17, 15) is 13.2 Å². The van der Waals surface area contributed by atoms with E-state index in [4.69, 9.17) is 0 Å². The van der Waals surface area contributed by atoms with E-state index >= 15 is 0 Å². The van der Waals surface area contributed by atoms with Gasteiger partial charge in [0.1, 0.15) is 5.75 Å². The summed E-state index contributed by atoms with van der Waals surface area (Å²) in [6.07, 6.45) is -4.66. The van der Waals surface area contributed by atoms with Crippen molar-refractivity contribution in [1.82, 2.24) is 5.32 Å². The SMILES string of the molecule is C[N]Cc1ccc(-c2ccc(OC(F)(F)F)cc2)cc1. The highest BCUT2D eigenvalue weighted by atomic mass is 19.4. The molecule has 2 rings (SSSR count). The van der Waals surface area contributed by atoms with Crippen LogP contribution in [0.25, 0.3) is 11.1 Å². The first-order valence-corrected chi connectivity index (χ1v) is 5.98.